The number of nitrogens with two attached hydrogens (primary N) is 1. The fourth-order valence-corrected chi connectivity index (χ4v) is 2.34. The highest BCUT2D eigenvalue weighted by Gasteiger charge is 2.16. The van der Waals surface area contributed by atoms with Crippen LogP contribution in [0.5, 0.6) is 0 Å². The summed E-state index contributed by atoms with van der Waals surface area (Å²) in [5.41, 5.74) is 7.80. The summed E-state index contributed by atoms with van der Waals surface area (Å²) in [6, 6.07) is 12.1. The molecule has 110 valence electrons. The molecule has 1 unspecified atom stereocenters. The van der Waals surface area contributed by atoms with Crippen LogP contribution in [0.4, 0.5) is 17.1 Å². The lowest BCUT2D eigenvalue weighted by atomic mass is 10.1. The molecular weight excluding hydrogens is 290 g/mol. The lowest BCUT2D eigenvalue weighted by Gasteiger charge is -2.27. The number of nitro benzene ring substituents is 1. The summed E-state index contributed by atoms with van der Waals surface area (Å²) < 4.78 is 0. The van der Waals surface area contributed by atoms with Crippen LogP contribution in [0.2, 0.25) is 5.02 Å². The third-order valence-electron chi connectivity index (χ3n) is 3.45. The molecule has 2 N–H and O–H groups in total. The summed E-state index contributed by atoms with van der Waals surface area (Å²) in [6.45, 7) is 2.00. The van der Waals surface area contributed by atoms with Crippen molar-refractivity contribution in [2.24, 2.45) is 0 Å². The van der Waals surface area contributed by atoms with E-state index in [0.717, 1.165) is 5.56 Å². The second kappa shape index (κ2) is 6.01. The van der Waals surface area contributed by atoms with Crippen molar-refractivity contribution in [2.75, 3.05) is 17.7 Å². The number of anilines is 2. The average molecular weight is 306 g/mol. The van der Waals surface area contributed by atoms with E-state index >= 15 is 0 Å². The van der Waals surface area contributed by atoms with Crippen LogP contribution in [0.15, 0.2) is 42.5 Å². The number of nitrogen functional groups attached to an aromatic ring is 1. The van der Waals surface area contributed by atoms with Crippen molar-refractivity contribution in [3.63, 3.8) is 0 Å². The van der Waals surface area contributed by atoms with E-state index in [1.54, 1.807) is 6.07 Å². The van der Waals surface area contributed by atoms with Gasteiger partial charge in [0.2, 0.25) is 0 Å². The maximum absolute atomic E-state index is 10.9. The Hall–Kier alpha value is -2.27. The van der Waals surface area contributed by atoms with Gasteiger partial charge in [0.05, 0.1) is 11.0 Å². The molecule has 0 radical (unpaired) electrons. The van der Waals surface area contributed by atoms with E-state index in [2.05, 4.69) is 0 Å². The van der Waals surface area contributed by atoms with Gasteiger partial charge in [-0.25, -0.2) is 0 Å². The van der Waals surface area contributed by atoms with Crippen molar-refractivity contribution < 1.29 is 4.92 Å². The molecule has 0 heterocycles. The summed E-state index contributed by atoms with van der Waals surface area (Å²) in [4.78, 5) is 12.4. The van der Waals surface area contributed by atoms with Crippen molar-refractivity contribution in [1.82, 2.24) is 0 Å². The minimum Gasteiger partial charge on any atom is -0.398 e. The highest BCUT2D eigenvalue weighted by molar-refractivity contribution is 6.30. The normalized spacial score (nSPS) is 12.0. The number of halogens is 1. The largest absolute Gasteiger partial charge is 0.398 e. The van der Waals surface area contributed by atoms with Crippen LogP contribution in [0.1, 0.15) is 18.5 Å². The van der Waals surface area contributed by atoms with Gasteiger partial charge in [-0.05, 0) is 30.7 Å². The number of nitrogens with zero attached hydrogens (tertiary/aromatic N) is 2. The molecule has 0 fully saturated rings. The molecule has 2 rings (SSSR count). The number of hydrogen-bond donors (Lipinski definition) is 1. The molecule has 0 bridgehead atoms. The Kier molecular flexibility index (Phi) is 4.33. The second-order valence-electron chi connectivity index (χ2n) is 4.88. The van der Waals surface area contributed by atoms with Gasteiger partial charge in [-0.2, -0.15) is 0 Å². The lowest BCUT2D eigenvalue weighted by Crippen LogP contribution is -2.21. The van der Waals surface area contributed by atoms with Crippen LogP contribution in [-0.4, -0.2) is 12.0 Å². The molecule has 0 aliphatic carbocycles. The van der Waals surface area contributed by atoms with Gasteiger partial charge in [-0.1, -0.05) is 23.7 Å². The minimum absolute atomic E-state index is 0.00473. The summed E-state index contributed by atoms with van der Waals surface area (Å²) in [5.74, 6) is 0. The maximum atomic E-state index is 10.9. The van der Waals surface area contributed by atoms with E-state index < -0.39 is 4.92 Å². The Morgan fingerprint density at radius 1 is 1.29 bits per heavy atom. The fourth-order valence-electron chi connectivity index (χ4n) is 2.14. The van der Waals surface area contributed by atoms with Crippen molar-refractivity contribution in [3.8, 4) is 0 Å². The number of hydrogen-bond acceptors (Lipinski definition) is 4. The Labute approximate surface area is 128 Å². The van der Waals surface area contributed by atoms with Crippen molar-refractivity contribution >= 4 is 28.7 Å². The molecule has 2 aromatic rings. The summed E-state index contributed by atoms with van der Waals surface area (Å²) in [7, 11) is 1.87. The molecular formula is C15H16ClN3O2. The zero-order chi connectivity index (χ0) is 15.6. The summed E-state index contributed by atoms with van der Waals surface area (Å²) in [5, 5.41) is 11.6. The van der Waals surface area contributed by atoms with E-state index in [0.29, 0.717) is 16.4 Å². The van der Waals surface area contributed by atoms with E-state index in [9.17, 15) is 10.1 Å². The van der Waals surface area contributed by atoms with Gasteiger partial charge in [0.25, 0.3) is 5.69 Å². The van der Waals surface area contributed by atoms with Crippen LogP contribution in [0.25, 0.3) is 0 Å². The van der Waals surface area contributed by atoms with Gasteiger partial charge >= 0.3 is 0 Å². The second-order valence-corrected chi connectivity index (χ2v) is 5.32. The SMILES string of the molecule is CC(c1cccc(Cl)c1)N(C)c1cc(N)cc([N+](=O)[O-])c1. The van der Waals surface area contributed by atoms with E-state index in [4.69, 9.17) is 17.3 Å². The molecule has 1 atom stereocenters. The van der Waals surface area contributed by atoms with Gasteiger partial charge in [-0.15, -0.1) is 0 Å². The standard InChI is InChI=1S/C15H16ClN3O2/c1-10(11-4-3-5-12(16)6-11)18(2)14-7-13(17)8-15(9-14)19(20)21/h3-10H,17H2,1-2H3. The molecule has 0 amide bonds. The van der Waals surface area contributed by atoms with Gasteiger partial charge in [0.1, 0.15) is 0 Å². The van der Waals surface area contributed by atoms with Gasteiger partial charge < -0.3 is 10.6 Å². The molecule has 0 saturated heterocycles. The quantitative estimate of drug-likeness (QED) is 0.526. The first kappa shape index (κ1) is 15.1. The van der Waals surface area contributed by atoms with E-state index in [1.807, 2.05) is 43.1 Å². The highest BCUT2D eigenvalue weighted by atomic mass is 35.5. The van der Waals surface area contributed by atoms with Crippen LogP contribution in [0, 0.1) is 10.1 Å². The topological polar surface area (TPSA) is 72.4 Å². The Bertz CT molecular complexity index is 676. The van der Waals surface area contributed by atoms with E-state index in [-0.39, 0.29) is 11.7 Å². The molecule has 0 aliphatic heterocycles. The van der Waals surface area contributed by atoms with Crippen LogP contribution in [0.3, 0.4) is 0 Å². The van der Waals surface area contributed by atoms with Crippen LogP contribution in [-0.2, 0) is 0 Å². The molecule has 0 saturated carbocycles. The number of nitro groups is 1. The van der Waals surface area contributed by atoms with Crippen LogP contribution < -0.4 is 10.6 Å². The molecule has 0 spiro atoms. The average Bonchev–Trinajstić information content (AvgIpc) is 2.45. The smallest absolute Gasteiger partial charge is 0.273 e. The summed E-state index contributed by atoms with van der Waals surface area (Å²) >= 11 is 6.00. The first-order chi connectivity index (χ1) is 9.88. The predicted molar refractivity (Wildman–Crippen MR) is 85.8 cm³/mol. The Morgan fingerprint density at radius 3 is 2.62 bits per heavy atom. The maximum Gasteiger partial charge on any atom is 0.273 e. The molecule has 0 aromatic heterocycles. The number of benzene rings is 2. The first-order valence-corrected chi connectivity index (χ1v) is 6.79. The summed E-state index contributed by atoms with van der Waals surface area (Å²) in [6.07, 6.45) is 0. The Balaban J connectivity index is 2.35. The van der Waals surface area contributed by atoms with Gasteiger partial charge in [0, 0.05) is 35.6 Å². The van der Waals surface area contributed by atoms with Crippen molar-refractivity contribution in [3.05, 3.63) is 63.2 Å². The molecule has 6 heteroatoms. The molecule has 5 nitrogen and oxygen atoms in total. The van der Waals surface area contributed by atoms with E-state index in [1.165, 1.54) is 12.1 Å². The van der Waals surface area contributed by atoms with Gasteiger partial charge in [0.15, 0.2) is 0 Å². The third kappa shape index (κ3) is 3.44. The lowest BCUT2D eigenvalue weighted by molar-refractivity contribution is -0.384. The van der Waals surface area contributed by atoms with Crippen molar-refractivity contribution in [2.45, 2.75) is 13.0 Å². The fraction of sp³-hybridized carbons (Fsp3) is 0.200. The first-order valence-electron chi connectivity index (χ1n) is 6.41. The predicted octanol–water partition coefficient (Wildman–Crippen LogP) is 4.03. The molecule has 2 aromatic carbocycles. The highest BCUT2D eigenvalue weighted by Crippen LogP contribution is 2.31. The zero-order valence-corrected chi connectivity index (χ0v) is 12.5. The zero-order valence-electron chi connectivity index (χ0n) is 11.8. The number of non-ortho nitro benzene ring substituents is 1. The minimum atomic E-state index is -0.447. The van der Waals surface area contributed by atoms with Crippen molar-refractivity contribution in [1.29, 1.82) is 0 Å². The number of rotatable bonds is 4. The molecule has 0 aliphatic rings. The third-order valence-corrected chi connectivity index (χ3v) is 3.69. The monoisotopic (exact) mass is 305 g/mol. The molecule has 21 heavy (non-hydrogen) atoms. The Morgan fingerprint density at radius 2 is 2.00 bits per heavy atom. The van der Waals surface area contributed by atoms with Crippen LogP contribution >= 0.6 is 11.6 Å². The van der Waals surface area contributed by atoms with Gasteiger partial charge in [-0.3, -0.25) is 10.1 Å².